The number of anilines is 1. The van der Waals surface area contributed by atoms with Crippen LogP contribution in [0.4, 0.5) is 5.69 Å². The highest BCUT2D eigenvalue weighted by Crippen LogP contribution is 2.18. The highest BCUT2D eigenvalue weighted by atomic mass is 16.7. The van der Waals surface area contributed by atoms with E-state index in [1.807, 2.05) is 18.2 Å². The summed E-state index contributed by atoms with van der Waals surface area (Å²) in [6.07, 6.45) is 0. The third-order valence-electron chi connectivity index (χ3n) is 1.89. The number of benzene rings is 1. The number of rotatable bonds is 1. The van der Waals surface area contributed by atoms with E-state index >= 15 is 0 Å². The van der Waals surface area contributed by atoms with Gasteiger partial charge in [-0.15, -0.1) is 0 Å². The van der Waals surface area contributed by atoms with E-state index in [4.69, 9.17) is 10.6 Å². The average molecular weight is 178 g/mol. The Kier molecular flexibility index (Phi) is 2.00. The van der Waals surface area contributed by atoms with E-state index in [2.05, 4.69) is 0 Å². The summed E-state index contributed by atoms with van der Waals surface area (Å²) in [6, 6.07) is 8.64. The molecular formula is C9H10N2O2. The largest absolute Gasteiger partial charge is 0.318 e. The molecule has 2 rings (SSSR count). The molecule has 0 spiro atoms. The van der Waals surface area contributed by atoms with Gasteiger partial charge in [0.1, 0.15) is 6.04 Å². The van der Waals surface area contributed by atoms with Crippen molar-refractivity contribution in [2.75, 3.05) is 11.7 Å². The lowest BCUT2D eigenvalue weighted by atomic mass is 10.3. The molecule has 2 N–H and O–H groups in total. The summed E-state index contributed by atoms with van der Waals surface area (Å²) in [5.41, 5.74) is 6.21. The molecule has 1 aromatic carbocycles. The predicted octanol–water partition coefficient (Wildman–Crippen LogP) is 0.292. The summed E-state index contributed by atoms with van der Waals surface area (Å²) in [7, 11) is 0. The minimum absolute atomic E-state index is 0.189. The number of para-hydroxylation sites is 1. The van der Waals surface area contributed by atoms with Crippen molar-refractivity contribution in [1.29, 1.82) is 0 Å². The van der Waals surface area contributed by atoms with Gasteiger partial charge in [0.25, 0.3) is 5.91 Å². The van der Waals surface area contributed by atoms with E-state index in [1.54, 1.807) is 12.1 Å². The summed E-state index contributed by atoms with van der Waals surface area (Å²) in [6.45, 7) is 0.258. The maximum absolute atomic E-state index is 11.4. The molecule has 1 fully saturated rings. The third kappa shape index (κ3) is 1.41. The van der Waals surface area contributed by atoms with Gasteiger partial charge in [-0.25, -0.2) is 0 Å². The average Bonchev–Trinajstić information content (AvgIpc) is 2.49. The van der Waals surface area contributed by atoms with E-state index in [-0.39, 0.29) is 12.5 Å². The van der Waals surface area contributed by atoms with E-state index in [1.165, 1.54) is 5.06 Å². The first-order valence-electron chi connectivity index (χ1n) is 4.06. The van der Waals surface area contributed by atoms with Crippen LogP contribution in [0.5, 0.6) is 0 Å². The van der Waals surface area contributed by atoms with Gasteiger partial charge in [0.15, 0.2) is 0 Å². The molecular weight excluding hydrogens is 168 g/mol. The van der Waals surface area contributed by atoms with E-state index < -0.39 is 6.04 Å². The van der Waals surface area contributed by atoms with Crippen LogP contribution in [0.3, 0.4) is 0 Å². The second kappa shape index (κ2) is 3.16. The number of hydrogen-bond acceptors (Lipinski definition) is 3. The van der Waals surface area contributed by atoms with Crippen molar-refractivity contribution >= 4 is 11.6 Å². The summed E-state index contributed by atoms with van der Waals surface area (Å²) in [5, 5.41) is 1.24. The van der Waals surface area contributed by atoms with Crippen LogP contribution in [-0.4, -0.2) is 18.6 Å². The van der Waals surface area contributed by atoms with Crippen LogP contribution in [0.25, 0.3) is 0 Å². The summed E-state index contributed by atoms with van der Waals surface area (Å²) in [4.78, 5) is 16.5. The predicted molar refractivity (Wildman–Crippen MR) is 47.9 cm³/mol. The fraction of sp³-hybridized carbons (Fsp3) is 0.222. The van der Waals surface area contributed by atoms with Crippen molar-refractivity contribution in [3.05, 3.63) is 30.3 Å². The van der Waals surface area contributed by atoms with Crippen LogP contribution in [0.1, 0.15) is 0 Å². The number of nitrogens with zero attached hydrogens (tertiary/aromatic N) is 1. The Morgan fingerprint density at radius 1 is 1.38 bits per heavy atom. The van der Waals surface area contributed by atoms with Crippen molar-refractivity contribution in [2.45, 2.75) is 6.04 Å². The number of carbonyl (C=O) groups excluding carboxylic acids is 1. The van der Waals surface area contributed by atoms with Crippen molar-refractivity contribution in [1.82, 2.24) is 0 Å². The second-order valence-corrected chi connectivity index (χ2v) is 2.87. The molecule has 4 heteroatoms. The smallest absolute Gasteiger partial charge is 0.270 e. The Morgan fingerprint density at radius 3 is 2.62 bits per heavy atom. The standard InChI is InChI=1S/C9H10N2O2/c10-8-6-13-11(9(8)12)7-4-2-1-3-5-7/h1-5,8H,6,10H2. The van der Waals surface area contributed by atoms with Crippen molar-refractivity contribution in [3.63, 3.8) is 0 Å². The lowest BCUT2D eigenvalue weighted by Gasteiger charge is -2.13. The van der Waals surface area contributed by atoms with Crippen LogP contribution < -0.4 is 10.8 Å². The first-order chi connectivity index (χ1) is 6.29. The van der Waals surface area contributed by atoms with Crippen molar-refractivity contribution < 1.29 is 9.63 Å². The molecule has 1 heterocycles. The van der Waals surface area contributed by atoms with Crippen molar-refractivity contribution in [3.8, 4) is 0 Å². The molecule has 0 bridgehead atoms. The fourth-order valence-electron chi connectivity index (χ4n) is 1.21. The second-order valence-electron chi connectivity index (χ2n) is 2.87. The molecule has 1 aliphatic heterocycles. The van der Waals surface area contributed by atoms with Gasteiger partial charge in [-0.05, 0) is 12.1 Å². The highest BCUT2D eigenvalue weighted by molar-refractivity contribution is 5.96. The van der Waals surface area contributed by atoms with Crippen LogP contribution in [0.15, 0.2) is 30.3 Å². The Balaban J connectivity index is 2.24. The lowest BCUT2D eigenvalue weighted by Crippen LogP contribution is -2.34. The van der Waals surface area contributed by atoms with E-state index in [0.717, 1.165) is 5.69 Å². The molecule has 1 aromatic rings. The zero-order valence-corrected chi connectivity index (χ0v) is 7.01. The minimum atomic E-state index is -0.528. The zero-order chi connectivity index (χ0) is 9.26. The van der Waals surface area contributed by atoms with Gasteiger partial charge >= 0.3 is 0 Å². The molecule has 1 atom stereocenters. The maximum atomic E-state index is 11.4. The molecule has 13 heavy (non-hydrogen) atoms. The number of carbonyl (C=O) groups is 1. The van der Waals surface area contributed by atoms with Gasteiger partial charge in [-0.2, -0.15) is 5.06 Å². The van der Waals surface area contributed by atoms with Gasteiger partial charge in [0.2, 0.25) is 0 Å². The van der Waals surface area contributed by atoms with Gasteiger partial charge < -0.3 is 5.73 Å². The Bertz CT molecular complexity index is 313. The number of nitrogens with two attached hydrogens (primary N) is 1. The van der Waals surface area contributed by atoms with Gasteiger partial charge in [0.05, 0.1) is 12.3 Å². The van der Waals surface area contributed by atoms with Crippen LogP contribution in [0.2, 0.25) is 0 Å². The number of hydroxylamine groups is 1. The Morgan fingerprint density at radius 2 is 2.08 bits per heavy atom. The van der Waals surface area contributed by atoms with Crippen LogP contribution in [0, 0.1) is 0 Å². The molecule has 1 amide bonds. The molecule has 0 aromatic heterocycles. The van der Waals surface area contributed by atoms with E-state index in [0.29, 0.717) is 0 Å². The first-order valence-corrected chi connectivity index (χ1v) is 4.06. The van der Waals surface area contributed by atoms with Crippen molar-refractivity contribution in [2.24, 2.45) is 5.73 Å². The van der Waals surface area contributed by atoms with Gasteiger partial charge in [-0.3, -0.25) is 9.63 Å². The topological polar surface area (TPSA) is 55.6 Å². The highest BCUT2D eigenvalue weighted by Gasteiger charge is 2.30. The van der Waals surface area contributed by atoms with Gasteiger partial charge in [-0.1, -0.05) is 18.2 Å². The SMILES string of the molecule is NC1CON(c2ccccc2)C1=O. The monoisotopic (exact) mass is 178 g/mol. The number of hydrogen-bond donors (Lipinski definition) is 1. The zero-order valence-electron chi connectivity index (χ0n) is 7.01. The summed E-state index contributed by atoms with van der Waals surface area (Å²) >= 11 is 0. The van der Waals surface area contributed by atoms with Crippen LogP contribution >= 0.6 is 0 Å². The molecule has 1 saturated heterocycles. The van der Waals surface area contributed by atoms with Crippen LogP contribution in [-0.2, 0) is 9.63 Å². The normalized spacial score (nSPS) is 22.4. The molecule has 1 aliphatic rings. The molecule has 0 aliphatic carbocycles. The molecule has 1 unspecified atom stereocenters. The minimum Gasteiger partial charge on any atom is -0.318 e. The Labute approximate surface area is 75.8 Å². The first kappa shape index (κ1) is 8.22. The molecule has 0 radical (unpaired) electrons. The molecule has 0 saturated carbocycles. The summed E-state index contributed by atoms with van der Waals surface area (Å²) in [5.74, 6) is -0.189. The maximum Gasteiger partial charge on any atom is 0.270 e. The molecule has 68 valence electrons. The quantitative estimate of drug-likeness (QED) is 0.672. The van der Waals surface area contributed by atoms with Gasteiger partial charge in [0, 0.05) is 0 Å². The van der Waals surface area contributed by atoms with E-state index in [9.17, 15) is 4.79 Å². The Hall–Kier alpha value is -1.39. The molecule has 4 nitrogen and oxygen atoms in total. The third-order valence-corrected chi connectivity index (χ3v) is 1.89. The summed E-state index contributed by atoms with van der Waals surface area (Å²) < 4.78 is 0. The number of amides is 1. The fourth-order valence-corrected chi connectivity index (χ4v) is 1.21. The lowest BCUT2D eigenvalue weighted by molar-refractivity contribution is -0.120.